The number of rotatable bonds is 2. The third-order valence-corrected chi connectivity index (χ3v) is 3.33. The highest BCUT2D eigenvalue weighted by molar-refractivity contribution is 5.98. The normalized spacial score (nSPS) is 11.5. The van der Waals surface area contributed by atoms with Gasteiger partial charge in [0.2, 0.25) is 5.88 Å². The number of hydrogen-bond acceptors (Lipinski definition) is 4. The van der Waals surface area contributed by atoms with Gasteiger partial charge in [-0.1, -0.05) is 18.2 Å². The quantitative estimate of drug-likeness (QED) is 0.696. The number of aromatic hydroxyl groups is 1. The molecule has 1 aromatic carbocycles. The van der Waals surface area contributed by atoms with Crippen LogP contribution < -0.4 is 0 Å². The number of H-pyrrole nitrogens is 1. The van der Waals surface area contributed by atoms with Gasteiger partial charge in [-0.15, -0.1) is 10.2 Å². The molecule has 0 aliphatic rings. The van der Waals surface area contributed by atoms with E-state index in [-0.39, 0.29) is 11.6 Å². The number of amides is 1. The van der Waals surface area contributed by atoms with Gasteiger partial charge in [0.05, 0.1) is 17.3 Å². The average molecular weight is 283 g/mol. The first-order valence-electron chi connectivity index (χ1n) is 6.38. The van der Waals surface area contributed by atoms with Crippen LogP contribution in [0.25, 0.3) is 10.9 Å². The van der Waals surface area contributed by atoms with Crippen molar-refractivity contribution in [2.75, 3.05) is 0 Å². The van der Waals surface area contributed by atoms with Crippen molar-refractivity contribution in [3.63, 3.8) is 0 Å². The standard InChI is InChI=1S/C15H13N3O3/c1-8-4-3-5-11-12(8)16-15(20)13(11)17-18-14(19)10-6-7-21-9(10)2/h3-7,16,20H,1-2H3. The molecule has 0 atom stereocenters. The van der Waals surface area contributed by atoms with E-state index < -0.39 is 5.91 Å². The topological polar surface area (TPSA) is 90.9 Å². The highest BCUT2D eigenvalue weighted by Gasteiger charge is 2.14. The first-order chi connectivity index (χ1) is 10.1. The zero-order valence-corrected chi connectivity index (χ0v) is 11.5. The largest absolute Gasteiger partial charge is 0.493 e. The summed E-state index contributed by atoms with van der Waals surface area (Å²) in [6, 6.07) is 7.11. The molecule has 0 radical (unpaired) electrons. The van der Waals surface area contributed by atoms with Crippen LogP contribution in [0.1, 0.15) is 21.7 Å². The second-order valence-corrected chi connectivity index (χ2v) is 4.72. The lowest BCUT2D eigenvalue weighted by Crippen LogP contribution is -1.92. The van der Waals surface area contributed by atoms with Crippen LogP contribution in [-0.4, -0.2) is 16.0 Å². The van der Waals surface area contributed by atoms with Crippen LogP contribution in [0.4, 0.5) is 5.69 Å². The minimum absolute atomic E-state index is 0.111. The SMILES string of the molecule is Cc1occc1C(=O)N=Nc1c(O)[nH]c2c(C)cccc12. The molecule has 0 aliphatic carbocycles. The monoisotopic (exact) mass is 283 g/mol. The maximum absolute atomic E-state index is 11.9. The van der Waals surface area contributed by atoms with Crippen LogP contribution in [0, 0.1) is 13.8 Å². The Labute approximate surface area is 120 Å². The van der Waals surface area contributed by atoms with Gasteiger partial charge in [0.25, 0.3) is 5.91 Å². The molecule has 6 heteroatoms. The number of nitrogens with zero attached hydrogens (tertiary/aromatic N) is 2. The number of benzene rings is 1. The van der Waals surface area contributed by atoms with Gasteiger partial charge in [-0.3, -0.25) is 4.79 Å². The lowest BCUT2D eigenvalue weighted by molar-refractivity contribution is 0.0993. The summed E-state index contributed by atoms with van der Waals surface area (Å²) in [6.45, 7) is 3.59. The Balaban J connectivity index is 2.00. The molecule has 106 valence electrons. The van der Waals surface area contributed by atoms with Gasteiger partial charge >= 0.3 is 0 Å². The Hall–Kier alpha value is -2.89. The van der Waals surface area contributed by atoms with E-state index in [1.807, 2.05) is 19.1 Å². The van der Waals surface area contributed by atoms with Crippen LogP contribution in [0.5, 0.6) is 5.88 Å². The van der Waals surface area contributed by atoms with Crippen molar-refractivity contribution in [3.05, 3.63) is 47.4 Å². The molecule has 6 nitrogen and oxygen atoms in total. The van der Waals surface area contributed by atoms with Crippen molar-refractivity contribution >= 4 is 22.5 Å². The fourth-order valence-electron chi connectivity index (χ4n) is 2.19. The van der Waals surface area contributed by atoms with E-state index in [2.05, 4.69) is 15.2 Å². The molecular weight excluding hydrogens is 270 g/mol. The second-order valence-electron chi connectivity index (χ2n) is 4.72. The molecule has 2 heterocycles. The van der Waals surface area contributed by atoms with E-state index in [0.717, 1.165) is 11.1 Å². The molecule has 0 saturated heterocycles. The Bertz CT molecular complexity index is 858. The Morgan fingerprint density at radius 2 is 2.10 bits per heavy atom. The zero-order valence-electron chi connectivity index (χ0n) is 11.5. The van der Waals surface area contributed by atoms with Gasteiger partial charge in [0, 0.05) is 5.39 Å². The van der Waals surface area contributed by atoms with Gasteiger partial charge in [0.15, 0.2) is 5.69 Å². The molecule has 0 unspecified atom stereocenters. The predicted molar refractivity (Wildman–Crippen MR) is 77.0 cm³/mol. The molecule has 2 aromatic heterocycles. The molecule has 1 amide bonds. The van der Waals surface area contributed by atoms with Crippen LogP contribution >= 0.6 is 0 Å². The number of hydrogen-bond donors (Lipinski definition) is 2. The molecule has 3 rings (SSSR count). The summed E-state index contributed by atoms with van der Waals surface area (Å²) in [5.74, 6) is -0.139. The molecule has 0 spiro atoms. The molecule has 3 aromatic rings. The molecule has 2 N–H and O–H groups in total. The number of nitrogens with one attached hydrogen (secondary N) is 1. The van der Waals surface area contributed by atoms with Crippen molar-refractivity contribution in [1.82, 2.24) is 4.98 Å². The van der Waals surface area contributed by atoms with Crippen molar-refractivity contribution in [3.8, 4) is 5.88 Å². The lowest BCUT2D eigenvalue weighted by atomic mass is 10.1. The number of para-hydroxylation sites is 1. The summed E-state index contributed by atoms with van der Waals surface area (Å²) in [5, 5.41) is 18.2. The number of carbonyl (C=O) groups excluding carboxylic acids is 1. The van der Waals surface area contributed by atoms with Crippen molar-refractivity contribution in [1.29, 1.82) is 0 Å². The number of furan rings is 1. The van der Waals surface area contributed by atoms with Crippen molar-refractivity contribution in [2.24, 2.45) is 10.2 Å². The Kier molecular flexibility index (Phi) is 3.06. The smallest absolute Gasteiger partial charge is 0.298 e. The fourth-order valence-corrected chi connectivity index (χ4v) is 2.19. The van der Waals surface area contributed by atoms with E-state index in [1.165, 1.54) is 12.3 Å². The number of carbonyl (C=O) groups is 1. The maximum atomic E-state index is 11.9. The maximum Gasteiger partial charge on any atom is 0.298 e. The van der Waals surface area contributed by atoms with E-state index >= 15 is 0 Å². The summed E-state index contributed by atoms with van der Waals surface area (Å²) in [6.07, 6.45) is 1.42. The molecule has 0 saturated carbocycles. The number of aromatic nitrogens is 1. The van der Waals surface area contributed by atoms with Gasteiger partial charge in [-0.25, -0.2) is 0 Å². The average Bonchev–Trinajstić information content (AvgIpc) is 3.01. The summed E-state index contributed by atoms with van der Waals surface area (Å²) < 4.78 is 5.05. The van der Waals surface area contributed by atoms with E-state index in [0.29, 0.717) is 16.7 Å². The number of fused-ring (bicyclic) bond motifs is 1. The molecule has 0 aliphatic heterocycles. The van der Waals surface area contributed by atoms with Gasteiger partial charge < -0.3 is 14.5 Å². The highest BCUT2D eigenvalue weighted by atomic mass is 16.3. The summed E-state index contributed by atoms with van der Waals surface area (Å²) in [7, 11) is 0. The number of aryl methyl sites for hydroxylation is 2. The molecule has 0 bridgehead atoms. The molecule has 0 fully saturated rings. The predicted octanol–water partition coefficient (Wildman–Crippen LogP) is 4.01. The van der Waals surface area contributed by atoms with Crippen LogP contribution in [0.3, 0.4) is 0 Å². The summed E-state index contributed by atoms with van der Waals surface area (Å²) in [5.41, 5.74) is 2.36. The van der Waals surface area contributed by atoms with Gasteiger partial charge in [0.1, 0.15) is 5.76 Å². The van der Waals surface area contributed by atoms with Crippen LogP contribution in [-0.2, 0) is 0 Å². The third kappa shape index (κ3) is 2.20. The third-order valence-electron chi connectivity index (χ3n) is 3.33. The van der Waals surface area contributed by atoms with E-state index in [9.17, 15) is 9.90 Å². The van der Waals surface area contributed by atoms with Gasteiger partial charge in [-0.2, -0.15) is 0 Å². The fraction of sp³-hybridized carbons (Fsp3) is 0.133. The lowest BCUT2D eigenvalue weighted by Gasteiger charge is -1.94. The number of azo groups is 1. The first kappa shape index (κ1) is 13.1. The second kappa shape index (κ2) is 4.90. The highest BCUT2D eigenvalue weighted by Crippen LogP contribution is 2.36. The Morgan fingerprint density at radius 1 is 1.29 bits per heavy atom. The first-order valence-corrected chi connectivity index (χ1v) is 6.38. The minimum atomic E-state index is -0.511. The van der Waals surface area contributed by atoms with Crippen molar-refractivity contribution < 1.29 is 14.3 Å². The van der Waals surface area contributed by atoms with E-state index in [4.69, 9.17) is 4.42 Å². The minimum Gasteiger partial charge on any atom is -0.493 e. The van der Waals surface area contributed by atoms with Crippen LogP contribution in [0.15, 0.2) is 45.2 Å². The van der Waals surface area contributed by atoms with Gasteiger partial charge in [-0.05, 0) is 25.5 Å². The summed E-state index contributed by atoms with van der Waals surface area (Å²) >= 11 is 0. The number of aromatic amines is 1. The zero-order chi connectivity index (χ0) is 15.0. The summed E-state index contributed by atoms with van der Waals surface area (Å²) in [4.78, 5) is 14.8. The Morgan fingerprint density at radius 3 is 2.81 bits per heavy atom. The molecule has 21 heavy (non-hydrogen) atoms. The van der Waals surface area contributed by atoms with E-state index in [1.54, 1.807) is 13.0 Å². The van der Waals surface area contributed by atoms with Crippen LogP contribution in [0.2, 0.25) is 0 Å². The molecular formula is C15H13N3O3. The van der Waals surface area contributed by atoms with Crippen molar-refractivity contribution in [2.45, 2.75) is 13.8 Å².